The molecule has 1 unspecified atom stereocenters. The second kappa shape index (κ2) is 10.1. The van der Waals surface area contributed by atoms with Crippen molar-refractivity contribution >= 4 is 34.4 Å². The number of hydrogen-bond acceptors (Lipinski definition) is 5. The fourth-order valence-electron chi connectivity index (χ4n) is 5.15. The smallest absolute Gasteiger partial charge is 0.224 e. The van der Waals surface area contributed by atoms with Crippen molar-refractivity contribution in [3.05, 3.63) is 41.8 Å². The lowest BCUT2D eigenvalue weighted by Gasteiger charge is -2.29. The van der Waals surface area contributed by atoms with Crippen LogP contribution >= 0.6 is 11.6 Å². The Morgan fingerprint density at radius 2 is 2.06 bits per heavy atom. The highest BCUT2D eigenvalue weighted by molar-refractivity contribution is 6.29. The Bertz CT molecular complexity index is 1100. The lowest BCUT2D eigenvalue weighted by molar-refractivity contribution is -0.124. The first-order chi connectivity index (χ1) is 16.2. The van der Waals surface area contributed by atoms with E-state index in [1.807, 2.05) is 18.3 Å². The van der Waals surface area contributed by atoms with Crippen LogP contribution in [0.2, 0.25) is 5.15 Å². The lowest BCUT2D eigenvalue weighted by atomic mass is 9.84. The third-order valence-corrected chi connectivity index (χ3v) is 7.23. The van der Waals surface area contributed by atoms with Crippen LogP contribution < -0.4 is 16.0 Å². The molecular formula is C25H31ClN6O. The number of H-pyrrole nitrogens is 1. The highest BCUT2D eigenvalue weighted by Crippen LogP contribution is 2.32. The third-order valence-electron chi connectivity index (χ3n) is 7.04. The number of nitrogens with one attached hydrogen (secondary N) is 4. The van der Waals surface area contributed by atoms with Crippen molar-refractivity contribution in [2.75, 3.05) is 25.0 Å². The summed E-state index contributed by atoms with van der Waals surface area (Å²) in [7, 11) is 0. The number of amides is 1. The highest BCUT2D eigenvalue weighted by Gasteiger charge is 2.24. The summed E-state index contributed by atoms with van der Waals surface area (Å²) in [5, 5.41) is 11.5. The minimum atomic E-state index is 0.153. The van der Waals surface area contributed by atoms with E-state index in [0.717, 1.165) is 73.3 Å². The van der Waals surface area contributed by atoms with Crippen molar-refractivity contribution < 1.29 is 4.79 Å². The molecule has 3 aromatic heterocycles. The first-order valence-electron chi connectivity index (χ1n) is 12.0. The van der Waals surface area contributed by atoms with Gasteiger partial charge in [-0.25, -0.2) is 9.97 Å². The van der Waals surface area contributed by atoms with Crippen LogP contribution in [0.25, 0.3) is 22.2 Å². The van der Waals surface area contributed by atoms with Crippen LogP contribution in [0.3, 0.4) is 0 Å². The highest BCUT2D eigenvalue weighted by atomic mass is 35.5. The maximum absolute atomic E-state index is 12.2. The zero-order valence-electron chi connectivity index (χ0n) is 18.7. The fourth-order valence-corrected chi connectivity index (χ4v) is 5.36. The van der Waals surface area contributed by atoms with E-state index in [4.69, 9.17) is 11.6 Å². The number of pyridine rings is 2. The molecule has 2 aliphatic rings. The first kappa shape index (κ1) is 22.2. The summed E-state index contributed by atoms with van der Waals surface area (Å²) in [6.07, 6.45) is 10.3. The Hall–Kier alpha value is -2.64. The molecule has 3 aromatic rings. The maximum Gasteiger partial charge on any atom is 0.224 e. The standard InChI is InChI=1S/C25H31ClN6O/c26-22-12-18(21-15-30-24-20(21)2-1-9-28-24)13-23(32-22)31-19-5-3-16(4-6-19)7-11-29-25(33)17-8-10-27-14-17/h1-2,9,12-13,15-17,19,27H,3-8,10-11,14H2,(H,28,30)(H,29,33)(H,31,32). The summed E-state index contributed by atoms with van der Waals surface area (Å²) in [4.78, 5) is 24.3. The van der Waals surface area contributed by atoms with E-state index in [1.54, 1.807) is 6.20 Å². The topological polar surface area (TPSA) is 94.7 Å². The zero-order chi connectivity index (χ0) is 22.6. The normalized spacial score (nSPS) is 23.0. The van der Waals surface area contributed by atoms with Gasteiger partial charge in [-0.2, -0.15) is 0 Å². The van der Waals surface area contributed by atoms with Crippen LogP contribution in [0.15, 0.2) is 36.7 Å². The van der Waals surface area contributed by atoms with E-state index < -0.39 is 0 Å². The first-order valence-corrected chi connectivity index (χ1v) is 12.4. The van der Waals surface area contributed by atoms with Crippen LogP contribution in [0.4, 0.5) is 5.82 Å². The number of halogens is 1. The van der Waals surface area contributed by atoms with Crippen molar-refractivity contribution in [2.24, 2.45) is 11.8 Å². The summed E-state index contributed by atoms with van der Waals surface area (Å²) in [6, 6.07) is 8.36. The van der Waals surface area contributed by atoms with Crippen LogP contribution in [-0.2, 0) is 4.79 Å². The molecule has 1 amide bonds. The van der Waals surface area contributed by atoms with Crippen LogP contribution in [0.5, 0.6) is 0 Å². The van der Waals surface area contributed by atoms with E-state index in [9.17, 15) is 4.79 Å². The van der Waals surface area contributed by atoms with E-state index >= 15 is 0 Å². The van der Waals surface area contributed by atoms with Gasteiger partial charge in [0.15, 0.2) is 0 Å². The second-order valence-electron chi connectivity index (χ2n) is 9.30. The molecule has 174 valence electrons. The molecule has 0 spiro atoms. The molecule has 33 heavy (non-hydrogen) atoms. The van der Waals surface area contributed by atoms with Crippen LogP contribution in [0.1, 0.15) is 38.5 Å². The molecule has 7 nitrogen and oxygen atoms in total. The molecule has 1 saturated heterocycles. The zero-order valence-corrected chi connectivity index (χ0v) is 19.5. The van der Waals surface area contributed by atoms with Gasteiger partial charge in [-0.05, 0) is 80.8 Å². The quantitative estimate of drug-likeness (QED) is 0.388. The van der Waals surface area contributed by atoms with Gasteiger partial charge in [0.25, 0.3) is 0 Å². The largest absolute Gasteiger partial charge is 0.367 e. The Kier molecular flexibility index (Phi) is 6.78. The van der Waals surface area contributed by atoms with E-state index in [1.165, 1.54) is 12.8 Å². The number of aromatic nitrogens is 3. The number of aromatic amines is 1. The second-order valence-corrected chi connectivity index (χ2v) is 9.68. The minimum Gasteiger partial charge on any atom is -0.367 e. The summed E-state index contributed by atoms with van der Waals surface area (Å²) < 4.78 is 0. The molecule has 0 aromatic carbocycles. The van der Waals surface area contributed by atoms with Gasteiger partial charge in [-0.15, -0.1) is 0 Å². The van der Waals surface area contributed by atoms with Gasteiger partial charge in [-0.1, -0.05) is 11.6 Å². The number of rotatable bonds is 7. The molecule has 0 radical (unpaired) electrons. The molecule has 1 saturated carbocycles. The SMILES string of the molecule is O=C(NCCC1CCC(Nc2cc(-c3c[nH]c4ncccc34)cc(Cl)n2)CC1)C1CCNC1. The summed E-state index contributed by atoms with van der Waals surface area (Å²) in [5.74, 6) is 1.85. The van der Waals surface area contributed by atoms with Crippen molar-refractivity contribution in [1.82, 2.24) is 25.6 Å². The Balaban J connectivity index is 1.14. The maximum atomic E-state index is 12.2. The summed E-state index contributed by atoms with van der Waals surface area (Å²) >= 11 is 6.37. The molecule has 0 bridgehead atoms. The molecule has 4 N–H and O–H groups in total. The van der Waals surface area contributed by atoms with Crippen molar-refractivity contribution in [3.8, 4) is 11.1 Å². The number of fused-ring (bicyclic) bond motifs is 1. The average Bonchev–Trinajstić information content (AvgIpc) is 3.50. The van der Waals surface area contributed by atoms with Crippen molar-refractivity contribution in [3.63, 3.8) is 0 Å². The van der Waals surface area contributed by atoms with Gasteiger partial charge in [0.2, 0.25) is 5.91 Å². The number of carbonyl (C=O) groups is 1. The minimum absolute atomic E-state index is 0.153. The number of anilines is 1. The lowest BCUT2D eigenvalue weighted by Crippen LogP contribution is -2.34. The van der Waals surface area contributed by atoms with E-state index in [2.05, 4.69) is 43.0 Å². The summed E-state index contributed by atoms with van der Waals surface area (Å²) in [5.41, 5.74) is 2.97. The molecule has 8 heteroatoms. The molecule has 5 rings (SSSR count). The van der Waals surface area contributed by atoms with E-state index in [-0.39, 0.29) is 11.8 Å². The summed E-state index contributed by atoms with van der Waals surface area (Å²) in [6.45, 7) is 2.56. The van der Waals surface area contributed by atoms with Gasteiger partial charge in [0.1, 0.15) is 16.6 Å². The number of nitrogens with zero attached hydrogens (tertiary/aromatic N) is 2. The molecule has 4 heterocycles. The monoisotopic (exact) mass is 466 g/mol. The Labute approximate surface area is 199 Å². The number of carbonyl (C=O) groups excluding carboxylic acids is 1. The predicted molar refractivity (Wildman–Crippen MR) is 132 cm³/mol. The van der Waals surface area contributed by atoms with Gasteiger partial charge in [0.05, 0.1) is 5.92 Å². The Morgan fingerprint density at radius 1 is 1.18 bits per heavy atom. The average molecular weight is 467 g/mol. The molecule has 1 aliphatic carbocycles. The van der Waals surface area contributed by atoms with Crippen LogP contribution in [0, 0.1) is 11.8 Å². The molecule has 1 aliphatic heterocycles. The van der Waals surface area contributed by atoms with Crippen LogP contribution in [-0.4, -0.2) is 46.5 Å². The van der Waals surface area contributed by atoms with Gasteiger partial charge in [-0.3, -0.25) is 4.79 Å². The van der Waals surface area contributed by atoms with Crippen molar-refractivity contribution in [2.45, 2.75) is 44.6 Å². The number of hydrogen-bond donors (Lipinski definition) is 4. The predicted octanol–water partition coefficient (Wildman–Crippen LogP) is 4.36. The molecule has 1 atom stereocenters. The van der Waals surface area contributed by atoms with Gasteiger partial charge < -0.3 is 20.9 Å². The van der Waals surface area contributed by atoms with E-state index in [0.29, 0.717) is 17.1 Å². The fraction of sp³-hybridized carbons (Fsp3) is 0.480. The van der Waals surface area contributed by atoms with Gasteiger partial charge >= 0.3 is 0 Å². The van der Waals surface area contributed by atoms with Gasteiger partial charge in [0, 0.05) is 42.5 Å². The third kappa shape index (κ3) is 5.31. The molecule has 2 fully saturated rings. The molecular weight excluding hydrogens is 436 g/mol. The van der Waals surface area contributed by atoms with Crippen molar-refractivity contribution in [1.29, 1.82) is 0 Å². The Morgan fingerprint density at radius 3 is 2.88 bits per heavy atom.